The maximum Gasteiger partial charge on any atom is 0.376 e. The fourth-order valence-corrected chi connectivity index (χ4v) is 6.68. The quantitative estimate of drug-likeness (QED) is 0.354. The minimum Gasteiger partial charge on any atom is -0.199 e. The highest BCUT2D eigenvalue weighted by atomic mass is 19.3. The van der Waals surface area contributed by atoms with E-state index < -0.39 is 34.2 Å². The molecular formula is C28H20F6. The van der Waals surface area contributed by atoms with Crippen LogP contribution >= 0.6 is 0 Å². The summed E-state index contributed by atoms with van der Waals surface area (Å²) in [5.74, 6) is -15.6. The Kier molecular flexibility index (Phi) is 3.89. The van der Waals surface area contributed by atoms with Gasteiger partial charge in [-0.2, -0.15) is 26.3 Å². The van der Waals surface area contributed by atoms with Crippen LogP contribution in [0.25, 0.3) is 28.0 Å². The van der Waals surface area contributed by atoms with Gasteiger partial charge in [-0.25, -0.2) is 0 Å². The Bertz CT molecular complexity index is 1550. The van der Waals surface area contributed by atoms with Crippen LogP contribution in [-0.4, -0.2) is 17.8 Å². The molecule has 2 atom stereocenters. The van der Waals surface area contributed by atoms with Gasteiger partial charge >= 0.3 is 17.8 Å². The van der Waals surface area contributed by atoms with E-state index in [1.807, 2.05) is 0 Å². The number of alkyl halides is 6. The molecule has 3 aliphatic rings. The van der Waals surface area contributed by atoms with Crippen LogP contribution in [0.5, 0.6) is 0 Å². The molecule has 0 heterocycles. The summed E-state index contributed by atoms with van der Waals surface area (Å²) < 4.78 is 92.9. The predicted octanol–water partition coefficient (Wildman–Crippen LogP) is 6.55. The third kappa shape index (κ3) is 1.98. The number of rotatable bonds is 1. The van der Waals surface area contributed by atoms with Gasteiger partial charge in [-0.3, -0.25) is 0 Å². The van der Waals surface area contributed by atoms with Crippen molar-refractivity contribution in [2.24, 2.45) is 10.8 Å². The number of hydrogen-bond donors (Lipinski definition) is 0. The SMILES string of the molecule is CCC12C=Cc3ccccc3C1=c1c(ccc3ccccc13)=C1C(F)(F)C(F)(F)C(F)(F)C12C. The Balaban J connectivity index is 2.02. The van der Waals surface area contributed by atoms with Crippen molar-refractivity contribution in [1.82, 2.24) is 0 Å². The van der Waals surface area contributed by atoms with E-state index in [0.29, 0.717) is 21.7 Å². The largest absolute Gasteiger partial charge is 0.376 e. The van der Waals surface area contributed by atoms with E-state index >= 15 is 26.3 Å². The number of halogens is 6. The van der Waals surface area contributed by atoms with E-state index in [2.05, 4.69) is 0 Å². The zero-order valence-corrected chi connectivity index (χ0v) is 18.4. The number of benzene rings is 3. The molecule has 174 valence electrons. The average Bonchev–Trinajstić information content (AvgIpc) is 2.90. The molecule has 0 nitrogen and oxygen atoms in total. The summed E-state index contributed by atoms with van der Waals surface area (Å²) in [4.78, 5) is 0. The summed E-state index contributed by atoms with van der Waals surface area (Å²) in [5.41, 5.74) is -4.08. The Morgan fingerprint density at radius 2 is 1.44 bits per heavy atom. The monoisotopic (exact) mass is 470 g/mol. The molecule has 1 fully saturated rings. The third-order valence-corrected chi connectivity index (χ3v) is 8.35. The lowest BCUT2D eigenvalue weighted by Gasteiger charge is -2.52. The van der Waals surface area contributed by atoms with Crippen molar-refractivity contribution in [2.45, 2.75) is 38.0 Å². The molecule has 6 heteroatoms. The molecule has 0 bridgehead atoms. The van der Waals surface area contributed by atoms with Crippen molar-refractivity contribution in [3.63, 3.8) is 0 Å². The summed E-state index contributed by atoms with van der Waals surface area (Å²) >= 11 is 0. The maximum absolute atomic E-state index is 15.8. The van der Waals surface area contributed by atoms with E-state index in [9.17, 15) is 0 Å². The third-order valence-electron chi connectivity index (χ3n) is 8.35. The Hall–Kier alpha value is -3.02. The van der Waals surface area contributed by atoms with Gasteiger partial charge in [0.1, 0.15) is 0 Å². The molecule has 3 aliphatic carbocycles. The van der Waals surface area contributed by atoms with Crippen LogP contribution in [0.1, 0.15) is 31.4 Å². The molecule has 3 aromatic rings. The minimum absolute atomic E-state index is 0.0580. The van der Waals surface area contributed by atoms with Crippen molar-refractivity contribution < 1.29 is 26.3 Å². The van der Waals surface area contributed by atoms with Crippen molar-refractivity contribution >= 4 is 28.0 Å². The first kappa shape index (κ1) is 21.5. The molecule has 3 aromatic carbocycles. The van der Waals surface area contributed by atoms with E-state index in [-0.39, 0.29) is 11.6 Å². The van der Waals surface area contributed by atoms with Gasteiger partial charge in [0, 0.05) is 11.0 Å². The van der Waals surface area contributed by atoms with E-state index in [0.717, 1.165) is 17.9 Å². The zero-order valence-electron chi connectivity index (χ0n) is 18.4. The molecule has 1 saturated carbocycles. The second kappa shape index (κ2) is 6.15. The second-order valence-corrected chi connectivity index (χ2v) is 9.55. The molecule has 0 aliphatic heterocycles. The normalized spacial score (nSPS) is 29.4. The summed E-state index contributed by atoms with van der Waals surface area (Å²) in [6.07, 6.45) is 3.00. The number of allylic oxidation sites excluding steroid dienone is 1. The molecule has 2 unspecified atom stereocenters. The van der Waals surface area contributed by atoms with Crippen LogP contribution in [0.3, 0.4) is 0 Å². The van der Waals surface area contributed by atoms with Crippen molar-refractivity contribution in [2.75, 3.05) is 0 Å². The van der Waals surface area contributed by atoms with Crippen molar-refractivity contribution in [1.29, 1.82) is 0 Å². The first-order chi connectivity index (χ1) is 16.0. The summed E-state index contributed by atoms with van der Waals surface area (Å²) in [5, 5.41) is 1.39. The smallest absolute Gasteiger partial charge is 0.199 e. The fraction of sp³-hybridized carbons (Fsp3) is 0.286. The summed E-state index contributed by atoms with van der Waals surface area (Å²) in [6.45, 7) is 2.50. The highest BCUT2D eigenvalue weighted by Crippen LogP contribution is 2.76. The second-order valence-electron chi connectivity index (χ2n) is 9.55. The van der Waals surface area contributed by atoms with E-state index in [1.54, 1.807) is 61.5 Å². The van der Waals surface area contributed by atoms with Crippen molar-refractivity contribution in [3.8, 4) is 0 Å². The average molecular weight is 470 g/mol. The molecule has 0 amide bonds. The first-order valence-corrected chi connectivity index (χ1v) is 11.2. The van der Waals surface area contributed by atoms with Gasteiger partial charge in [-0.1, -0.05) is 79.7 Å². The van der Waals surface area contributed by atoms with Crippen LogP contribution in [-0.2, 0) is 0 Å². The van der Waals surface area contributed by atoms with Gasteiger partial charge in [0.05, 0.1) is 5.41 Å². The molecule has 34 heavy (non-hydrogen) atoms. The predicted molar refractivity (Wildman–Crippen MR) is 120 cm³/mol. The maximum atomic E-state index is 15.8. The van der Waals surface area contributed by atoms with E-state index in [1.165, 1.54) is 18.2 Å². The van der Waals surface area contributed by atoms with Crippen LogP contribution in [0.15, 0.2) is 66.7 Å². The topological polar surface area (TPSA) is 0 Å². The fourth-order valence-electron chi connectivity index (χ4n) is 6.68. The van der Waals surface area contributed by atoms with Gasteiger partial charge in [0.2, 0.25) is 0 Å². The van der Waals surface area contributed by atoms with Crippen molar-refractivity contribution in [3.05, 3.63) is 88.3 Å². The number of fused-ring (bicyclic) bond motifs is 8. The lowest BCUT2D eigenvalue weighted by Crippen LogP contribution is -2.59. The van der Waals surface area contributed by atoms with Crippen LogP contribution in [0.2, 0.25) is 0 Å². The Morgan fingerprint density at radius 3 is 2.18 bits per heavy atom. The zero-order chi connectivity index (χ0) is 24.3. The van der Waals surface area contributed by atoms with Gasteiger partial charge in [-0.05, 0) is 51.3 Å². The summed E-state index contributed by atoms with van der Waals surface area (Å²) in [7, 11) is 0. The summed E-state index contributed by atoms with van der Waals surface area (Å²) in [6, 6.07) is 17.0. The van der Waals surface area contributed by atoms with Crippen LogP contribution in [0.4, 0.5) is 26.3 Å². The number of hydrogen-bond acceptors (Lipinski definition) is 0. The molecule has 6 rings (SSSR count). The van der Waals surface area contributed by atoms with Gasteiger partial charge in [0.15, 0.2) is 0 Å². The van der Waals surface area contributed by atoms with Crippen LogP contribution < -0.4 is 10.4 Å². The van der Waals surface area contributed by atoms with Gasteiger partial charge in [0.25, 0.3) is 0 Å². The lowest BCUT2D eigenvalue weighted by atomic mass is 9.50. The van der Waals surface area contributed by atoms with Crippen LogP contribution in [0, 0.1) is 10.8 Å². The Morgan fingerprint density at radius 1 is 0.765 bits per heavy atom. The Labute approximate surface area is 191 Å². The molecule has 0 saturated heterocycles. The highest BCUT2D eigenvalue weighted by Gasteiger charge is 2.90. The molecular weight excluding hydrogens is 450 g/mol. The molecule has 0 N–H and O–H groups in total. The van der Waals surface area contributed by atoms with Gasteiger partial charge in [-0.15, -0.1) is 0 Å². The standard InChI is InChI=1S/C28H20F6/c1-3-25-15-14-17-9-5-7-11-19(17)22(25)21-18-10-6-4-8-16(18)12-13-20(21)23-24(25,2)27(31,32)28(33,34)26(23,29)30/h4-15H,3H2,1-2H3. The minimum atomic E-state index is -5.55. The molecule has 0 aromatic heterocycles. The highest BCUT2D eigenvalue weighted by molar-refractivity contribution is 5.96. The molecule has 0 spiro atoms. The van der Waals surface area contributed by atoms with Gasteiger partial charge < -0.3 is 0 Å². The lowest BCUT2D eigenvalue weighted by molar-refractivity contribution is -0.290. The molecule has 0 radical (unpaired) electrons. The first-order valence-electron chi connectivity index (χ1n) is 11.2. The van der Waals surface area contributed by atoms with E-state index in [4.69, 9.17) is 0 Å².